The molecule has 1 N–H and O–H groups in total. The Balaban J connectivity index is 1.74. The summed E-state index contributed by atoms with van der Waals surface area (Å²) in [5.74, 6) is 0.127. The van der Waals surface area contributed by atoms with E-state index in [1.165, 1.54) is 12.1 Å². The summed E-state index contributed by atoms with van der Waals surface area (Å²) in [5, 5.41) is 2.72. The first kappa shape index (κ1) is 18.6. The van der Waals surface area contributed by atoms with Gasteiger partial charge in [-0.3, -0.25) is 9.59 Å². The summed E-state index contributed by atoms with van der Waals surface area (Å²) in [6, 6.07) is 12.9. The van der Waals surface area contributed by atoms with Crippen molar-refractivity contribution >= 4 is 11.7 Å². The largest absolute Gasteiger partial charge is 0.494 e. The van der Waals surface area contributed by atoms with Crippen molar-refractivity contribution in [3.05, 3.63) is 65.5 Å². The van der Waals surface area contributed by atoms with Crippen molar-refractivity contribution < 1.29 is 18.7 Å². The molecule has 0 aliphatic heterocycles. The lowest BCUT2D eigenvalue weighted by atomic mass is 10.1. The summed E-state index contributed by atoms with van der Waals surface area (Å²) in [6.45, 7) is 2.98. The van der Waals surface area contributed by atoms with Crippen molar-refractivity contribution in [1.82, 2.24) is 5.32 Å². The molecule has 0 saturated heterocycles. The molecule has 2 rings (SSSR count). The normalized spacial score (nSPS) is 10.3. The maximum absolute atomic E-state index is 12.8. The van der Waals surface area contributed by atoms with Crippen LogP contribution in [0.2, 0.25) is 0 Å². The third kappa shape index (κ3) is 6.37. The molecule has 0 unspecified atom stereocenters. The van der Waals surface area contributed by atoms with Gasteiger partial charge in [0, 0.05) is 24.9 Å². The van der Waals surface area contributed by atoms with Gasteiger partial charge in [-0.1, -0.05) is 19.1 Å². The molecule has 2 aromatic carbocycles. The number of ether oxygens (including phenoxy) is 1. The van der Waals surface area contributed by atoms with Crippen molar-refractivity contribution in [2.75, 3.05) is 6.61 Å². The van der Waals surface area contributed by atoms with Gasteiger partial charge in [0.15, 0.2) is 5.78 Å². The Bertz CT molecular complexity index is 696. The molecule has 0 aromatic heterocycles. The number of carbonyl (C=O) groups is 2. The van der Waals surface area contributed by atoms with Gasteiger partial charge in [-0.15, -0.1) is 0 Å². The molecule has 0 fully saturated rings. The molecule has 0 bridgehead atoms. The third-order valence-electron chi connectivity index (χ3n) is 3.63. The second-order valence-corrected chi connectivity index (χ2v) is 5.70. The molecule has 0 aliphatic carbocycles. The first-order valence-corrected chi connectivity index (χ1v) is 8.35. The Morgan fingerprint density at radius 2 is 1.68 bits per heavy atom. The van der Waals surface area contributed by atoms with Crippen LogP contribution < -0.4 is 10.1 Å². The molecule has 132 valence electrons. The van der Waals surface area contributed by atoms with Crippen LogP contribution in [0, 0.1) is 5.82 Å². The van der Waals surface area contributed by atoms with Crippen molar-refractivity contribution in [1.29, 1.82) is 0 Å². The van der Waals surface area contributed by atoms with Crippen molar-refractivity contribution in [2.45, 2.75) is 32.7 Å². The molecule has 0 radical (unpaired) electrons. The van der Waals surface area contributed by atoms with Gasteiger partial charge in [-0.25, -0.2) is 4.39 Å². The molecule has 0 aliphatic rings. The van der Waals surface area contributed by atoms with Crippen molar-refractivity contribution in [3.63, 3.8) is 0 Å². The zero-order chi connectivity index (χ0) is 18.1. The fraction of sp³-hybridized carbons (Fsp3) is 0.300. The third-order valence-corrected chi connectivity index (χ3v) is 3.63. The fourth-order valence-electron chi connectivity index (χ4n) is 2.22. The Morgan fingerprint density at radius 1 is 1.00 bits per heavy atom. The van der Waals surface area contributed by atoms with Gasteiger partial charge in [-0.2, -0.15) is 0 Å². The number of halogens is 1. The van der Waals surface area contributed by atoms with Gasteiger partial charge in [0.2, 0.25) is 5.91 Å². The van der Waals surface area contributed by atoms with Crippen LogP contribution >= 0.6 is 0 Å². The standard InChI is InChI=1S/C20H22FNO3/c1-2-13-25-18-9-5-16(6-10-18)19(23)11-12-20(24)22-14-15-3-7-17(21)8-4-15/h3-10H,2,11-14H2,1H3,(H,22,24). The molecule has 2 aromatic rings. The SMILES string of the molecule is CCCOc1ccc(C(=O)CCC(=O)NCc2ccc(F)cc2)cc1. The minimum atomic E-state index is -0.313. The highest BCUT2D eigenvalue weighted by Gasteiger charge is 2.09. The lowest BCUT2D eigenvalue weighted by Crippen LogP contribution is -2.23. The monoisotopic (exact) mass is 343 g/mol. The van der Waals surface area contributed by atoms with Crippen LogP contribution in [-0.4, -0.2) is 18.3 Å². The highest BCUT2D eigenvalue weighted by atomic mass is 19.1. The van der Waals surface area contributed by atoms with Crippen LogP contribution in [0.15, 0.2) is 48.5 Å². The summed E-state index contributed by atoms with van der Waals surface area (Å²) in [5.41, 5.74) is 1.37. The number of hydrogen-bond donors (Lipinski definition) is 1. The predicted molar refractivity (Wildman–Crippen MR) is 94.0 cm³/mol. The highest BCUT2D eigenvalue weighted by molar-refractivity contribution is 5.98. The van der Waals surface area contributed by atoms with Crippen LogP contribution in [0.25, 0.3) is 0 Å². The van der Waals surface area contributed by atoms with Gasteiger partial charge in [0.05, 0.1) is 6.61 Å². The van der Waals surface area contributed by atoms with E-state index in [4.69, 9.17) is 4.74 Å². The van der Waals surface area contributed by atoms with Crippen molar-refractivity contribution in [3.8, 4) is 5.75 Å². The van der Waals surface area contributed by atoms with E-state index >= 15 is 0 Å². The second kappa shape index (κ2) is 9.57. The Hall–Kier alpha value is -2.69. The fourth-order valence-corrected chi connectivity index (χ4v) is 2.22. The maximum Gasteiger partial charge on any atom is 0.220 e. The predicted octanol–water partition coefficient (Wildman–Crippen LogP) is 3.89. The van der Waals surface area contributed by atoms with Gasteiger partial charge < -0.3 is 10.1 Å². The lowest BCUT2D eigenvalue weighted by Gasteiger charge is -2.07. The number of Topliss-reactive ketones (excluding diaryl/α,β-unsaturated/α-hetero) is 1. The summed E-state index contributed by atoms with van der Waals surface area (Å²) in [7, 11) is 0. The molecule has 0 spiro atoms. The Morgan fingerprint density at radius 3 is 2.32 bits per heavy atom. The molecular formula is C20H22FNO3. The van der Waals surface area contributed by atoms with E-state index in [1.54, 1.807) is 36.4 Å². The number of amides is 1. The number of carbonyl (C=O) groups excluding carboxylic acids is 2. The summed E-state index contributed by atoms with van der Waals surface area (Å²) < 4.78 is 18.3. The van der Waals surface area contributed by atoms with Crippen molar-refractivity contribution in [2.24, 2.45) is 0 Å². The minimum Gasteiger partial charge on any atom is -0.494 e. The van der Waals surface area contributed by atoms with Gasteiger partial charge >= 0.3 is 0 Å². The van der Waals surface area contributed by atoms with E-state index in [9.17, 15) is 14.0 Å². The quantitative estimate of drug-likeness (QED) is 0.703. The zero-order valence-electron chi connectivity index (χ0n) is 14.3. The smallest absolute Gasteiger partial charge is 0.220 e. The van der Waals surface area contributed by atoms with Crippen LogP contribution in [0.4, 0.5) is 4.39 Å². The maximum atomic E-state index is 12.8. The molecule has 0 saturated carbocycles. The average molecular weight is 343 g/mol. The molecule has 0 heterocycles. The van der Waals surface area contributed by atoms with Crippen LogP contribution in [-0.2, 0) is 11.3 Å². The molecule has 0 atom stereocenters. The van der Waals surface area contributed by atoms with Crippen LogP contribution in [0.5, 0.6) is 5.75 Å². The minimum absolute atomic E-state index is 0.0843. The van der Waals surface area contributed by atoms with E-state index in [0.717, 1.165) is 17.7 Å². The topological polar surface area (TPSA) is 55.4 Å². The second-order valence-electron chi connectivity index (χ2n) is 5.70. The molecule has 5 heteroatoms. The van der Waals surface area contributed by atoms with E-state index < -0.39 is 0 Å². The number of nitrogens with one attached hydrogen (secondary N) is 1. The van der Waals surface area contributed by atoms with E-state index in [2.05, 4.69) is 5.32 Å². The lowest BCUT2D eigenvalue weighted by molar-refractivity contribution is -0.121. The van der Waals surface area contributed by atoms with E-state index in [1.807, 2.05) is 6.92 Å². The first-order valence-electron chi connectivity index (χ1n) is 8.35. The number of ketones is 1. The molecule has 4 nitrogen and oxygen atoms in total. The Kier molecular flexibility index (Phi) is 7.14. The summed E-state index contributed by atoms with van der Waals surface area (Å²) >= 11 is 0. The van der Waals surface area contributed by atoms with Gasteiger partial charge in [0.1, 0.15) is 11.6 Å². The number of hydrogen-bond acceptors (Lipinski definition) is 3. The average Bonchev–Trinajstić information content (AvgIpc) is 2.64. The Labute approximate surface area is 147 Å². The zero-order valence-corrected chi connectivity index (χ0v) is 14.3. The summed E-state index contributed by atoms with van der Waals surface area (Å²) in [6.07, 6.45) is 1.19. The van der Waals surface area contributed by atoms with E-state index in [-0.39, 0.29) is 30.3 Å². The van der Waals surface area contributed by atoms with Gasteiger partial charge in [-0.05, 0) is 48.4 Å². The highest BCUT2D eigenvalue weighted by Crippen LogP contribution is 2.14. The number of rotatable bonds is 9. The van der Waals surface area contributed by atoms with Crippen LogP contribution in [0.1, 0.15) is 42.1 Å². The van der Waals surface area contributed by atoms with Crippen LogP contribution in [0.3, 0.4) is 0 Å². The summed E-state index contributed by atoms with van der Waals surface area (Å²) in [4.78, 5) is 24.0. The number of benzene rings is 2. The first-order chi connectivity index (χ1) is 12.1. The molecule has 25 heavy (non-hydrogen) atoms. The molecule has 1 amide bonds. The van der Waals surface area contributed by atoms with E-state index in [0.29, 0.717) is 18.7 Å². The molecular weight excluding hydrogens is 321 g/mol. The van der Waals surface area contributed by atoms with Gasteiger partial charge in [0.25, 0.3) is 0 Å².